The van der Waals surface area contributed by atoms with E-state index in [4.69, 9.17) is 0 Å². The Morgan fingerprint density at radius 3 is 2.20 bits per heavy atom. The van der Waals surface area contributed by atoms with E-state index < -0.39 is 7.25 Å². The molecule has 1 heterocycles. The van der Waals surface area contributed by atoms with Gasteiger partial charge in [0.05, 0.1) is 7.05 Å². The van der Waals surface area contributed by atoms with Crippen LogP contribution in [0.1, 0.15) is 19.8 Å². The Bertz CT molecular complexity index is 230. The second-order valence-corrected chi connectivity index (χ2v) is 2.82. The van der Waals surface area contributed by atoms with Crippen LogP contribution in [-0.2, 0) is 0 Å². The maximum atomic E-state index is 9.75. The van der Waals surface area contributed by atoms with Gasteiger partial charge in [0.2, 0.25) is 0 Å². The van der Waals surface area contributed by atoms with Crippen molar-refractivity contribution in [3.05, 3.63) is 4.95 Å². The Morgan fingerprint density at radius 1 is 1.33 bits per heavy atom. The number of rotatable bonds is 3. The fourth-order valence-corrected chi connectivity index (χ4v) is 0.757. The van der Waals surface area contributed by atoms with Crippen molar-refractivity contribution in [2.24, 2.45) is 0 Å². The first-order valence-corrected chi connectivity index (χ1v) is 4.44. The van der Waals surface area contributed by atoms with E-state index in [9.17, 15) is 17.3 Å². The third-order valence-electron chi connectivity index (χ3n) is 1.32. The lowest BCUT2D eigenvalue weighted by molar-refractivity contribution is 0.160. The fourth-order valence-electron chi connectivity index (χ4n) is 0.757. The highest BCUT2D eigenvalue weighted by Crippen LogP contribution is 2.06. The Morgan fingerprint density at radius 2 is 1.87 bits per heavy atom. The summed E-state index contributed by atoms with van der Waals surface area (Å²) >= 11 is 0. The molecule has 4 nitrogen and oxygen atoms in total. The van der Waals surface area contributed by atoms with Gasteiger partial charge in [-0.2, -0.15) is 0 Å². The number of hydrazine groups is 2. The summed E-state index contributed by atoms with van der Waals surface area (Å²) in [6.07, 6.45) is 5.18. The van der Waals surface area contributed by atoms with Gasteiger partial charge in [-0.1, -0.05) is 13.3 Å². The summed E-state index contributed by atoms with van der Waals surface area (Å²) in [6, 6.07) is 0. The van der Waals surface area contributed by atoms with Crippen LogP contribution in [0.5, 0.6) is 0 Å². The van der Waals surface area contributed by atoms with Crippen molar-refractivity contribution in [1.82, 2.24) is 15.7 Å². The quantitative estimate of drug-likeness (QED) is 0.453. The minimum absolute atomic E-state index is 0.977. The zero-order valence-electron chi connectivity index (χ0n) is 8.55. The molecule has 9 heteroatoms. The van der Waals surface area contributed by atoms with Crippen LogP contribution in [0.4, 0.5) is 17.3 Å². The second-order valence-electron chi connectivity index (χ2n) is 2.82. The molecule has 0 aromatic heterocycles. The molecule has 0 saturated heterocycles. The molecule has 0 aromatic carbocycles. The first kappa shape index (κ1) is 13.8. The smallest absolute Gasteiger partial charge is 0.418 e. The van der Waals surface area contributed by atoms with Crippen molar-refractivity contribution >= 4 is 7.25 Å². The Labute approximate surface area is 85.7 Å². The van der Waals surface area contributed by atoms with E-state index in [1.54, 1.807) is 5.12 Å². The minimum Gasteiger partial charge on any atom is -0.418 e. The molecule has 88 valence electrons. The third kappa shape index (κ3) is 10.8. The summed E-state index contributed by atoms with van der Waals surface area (Å²) < 4.78 is 39.0. The zero-order valence-corrected chi connectivity index (χ0v) is 8.55. The van der Waals surface area contributed by atoms with E-state index in [2.05, 4.69) is 23.6 Å². The molecule has 15 heavy (non-hydrogen) atoms. The van der Waals surface area contributed by atoms with E-state index in [0.29, 0.717) is 0 Å². The minimum atomic E-state index is -6.00. The summed E-state index contributed by atoms with van der Waals surface area (Å²) in [7, 11) is -4.15. The average Bonchev–Trinajstić information content (AvgIpc) is 2.45. The number of nitrogens with one attached hydrogen (secondary N) is 1. The van der Waals surface area contributed by atoms with Gasteiger partial charge in [0.25, 0.3) is 0 Å². The molecule has 0 saturated carbocycles. The van der Waals surface area contributed by atoms with Gasteiger partial charge in [0.15, 0.2) is 0 Å². The monoisotopic (exact) mass is 228 g/mol. The third-order valence-corrected chi connectivity index (χ3v) is 1.32. The normalized spacial score (nSPS) is 14.3. The van der Waals surface area contributed by atoms with Crippen LogP contribution in [0.25, 0.3) is 4.95 Å². The standard InChI is InChI=1S/C6H13N4.BF4/c1-3-4-5-10-6-7-9(2)8-10;2-1(3,4)5/h8H,3-5H2,1-2H3;/q+1;-1. The molecular formula is C6H13BF4N4. The lowest BCUT2D eigenvalue weighted by Gasteiger charge is -2.03. The van der Waals surface area contributed by atoms with Crippen molar-refractivity contribution in [2.75, 3.05) is 13.6 Å². The summed E-state index contributed by atoms with van der Waals surface area (Å²) in [5, 5.41) is 3.49. The number of hydrogen-bond acceptors (Lipinski definition) is 3. The molecule has 0 radical (unpaired) electrons. The summed E-state index contributed by atoms with van der Waals surface area (Å²) in [5.74, 6) is 0. The van der Waals surface area contributed by atoms with Gasteiger partial charge in [-0.3, -0.25) is 0 Å². The van der Waals surface area contributed by atoms with Crippen molar-refractivity contribution < 1.29 is 17.3 Å². The Kier molecular flexibility index (Phi) is 5.85. The summed E-state index contributed by atoms with van der Waals surface area (Å²) in [4.78, 5) is 3.87. The molecule has 0 aliphatic carbocycles. The van der Waals surface area contributed by atoms with E-state index in [1.165, 1.54) is 12.8 Å². The lowest BCUT2D eigenvalue weighted by atomic mass is 10.3. The van der Waals surface area contributed by atoms with Gasteiger partial charge >= 0.3 is 13.4 Å². The van der Waals surface area contributed by atoms with Crippen LogP contribution in [-0.4, -0.2) is 31.0 Å². The van der Waals surface area contributed by atoms with Gasteiger partial charge in [0.1, 0.15) is 6.54 Å². The SMILES string of the molecule is CCCCN1C#[N+]N(C)N1.F[B-](F)(F)F. The maximum absolute atomic E-state index is 9.75. The highest BCUT2D eigenvalue weighted by molar-refractivity contribution is 6.50. The van der Waals surface area contributed by atoms with Crippen LogP contribution in [0.3, 0.4) is 0 Å². The molecule has 1 aliphatic rings. The molecule has 0 fully saturated rings. The first-order valence-electron chi connectivity index (χ1n) is 4.44. The van der Waals surface area contributed by atoms with Crippen LogP contribution < -0.4 is 5.53 Å². The van der Waals surface area contributed by atoms with Gasteiger partial charge < -0.3 is 17.3 Å². The molecule has 0 aromatic rings. The largest absolute Gasteiger partial charge is 0.673 e. The lowest BCUT2D eigenvalue weighted by Crippen LogP contribution is -2.38. The van der Waals surface area contributed by atoms with Crippen molar-refractivity contribution in [1.29, 1.82) is 0 Å². The highest BCUT2D eigenvalue weighted by atomic mass is 19.5. The van der Waals surface area contributed by atoms with Crippen molar-refractivity contribution in [3.8, 4) is 6.19 Å². The number of hydrogen-bond donors (Lipinski definition) is 1. The summed E-state index contributed by atoms with van der Waals surface area (Å²) in [6.45, 7) is 3.14. The highest BCUT2D eigenvalue weighted by Gasteiger charge is 2.20. The first-order chi connectivity index (χ1) is 6.83. The maximum Gasteiger partial charge on any atom is 0.673 e. The molecule has 1 N–H and O–H groups in total. The molecule has 0 unspecified atom stereocenters. The van der Waals surface area contributed by atoms with Crippen LogP contribution >= 0.6 is 0 Å². The molecule has 0 bridgehead atoms. The number of halogens is 4. The Balaban J connectivity index is 0.000000336. The number of unbranched alkanes of at least 4 members (excludes halogenated alkanes) is 1. The molecule has 0 atom stereocenters. The van der Waals surface area contributed by atoms with Gasteiger partial charge in [-0.15, -0.1) is 5.01 Å². The number of nitrogens with zero attached hydrogens (tertiary/aromatic N) is 3. The topological polar surface area (TPSA) is 22.9 Å². The van der Waals surface area contributed by atoms with E-state index in [-0.39, 0.29) is 0 Å². The molecular weight excluding hydrogens is 215 g/mol. The van der Waals surface area contributed by atoms with E-state index >= 15 is 0 Å². The van der Waals surface area contributed by atoms with Crippen molar-refractivity contribution in [3.63, 3.8) is 0 Å². The zero-order chi connectivity index (χ0) is 11.9. The molecule has 1 aliphatic heterocycles. The molecule has 0 spiro atoms. The molecule has 0 amide bonds. The van der Waals surface area contributed by atoms with Gasteiger partial charge in [-0.25, -0.2) is 0 Å². The van der Waals surface area contributed by atoms with Crippen LogP contribution in [0.15, 0.2) is 0 Å². The second kappa shape index (κ2) is 6.34. The van der Waals surface area contributed by atoms with E-state index in [0.717, 1.165) is 6.54 Å². The predicted molar refractivity (Wildman–Crippen MR) is 49.9 cm³/mol. The van der Waals surface area contributed by atoms with E-state index in [1.807, 2.05) is 12.1 Å². The predicted octanol–water partition coefficient (Wildman–Crippen LogP) is 1.96. The van der Waals surface area contributed by atoms with Gasteiger partial charge in [0, 0.05) is 0 Å². The van der Waals surface area contributed by atoms with Crippen LogP contribution in [0.2, 0.25) is 0 Å². The fraction of sp³-hybridized carbons (Fsp3) is 0.833. The summed E-state index contributed by atoms with van der Waals surface area (Å²) in [5.41, 5.74) is 2.98. The van der Waals surface area contributed by atoms with Crippen LogP contribution in [0, 0.1) is 6.19 Å². The average molecular weight is 228 g/mol. The Hall–Kier alpha value is -1.17. The van der Waals surface area contributed by atoms with Gasteiger partial charge in [-0.05, 0) is 22.0 Å². The van der Waals surface area contributed by atoms with Crippen molar-refractivity contribution in [2.45, 2.75) is 19.8 Å². The molecule has 1 rings (SSSR count).